The topological polar surface area (TPSA) is 122 Å². The summed E-state index contributed by atoms with van der Waals surface area (Å²) in [5, 5.41) is 4.05. The van der Waals surface area contributed by atoms with Crippen molar-refractivity contribution in [3.8, 4) is 0 Å². The molecule has 4 rings (SSSR count). The van der Waals surface area contributed by atoms with Crippen molar-refractivity contribution in [3.05, 3.63) is 26.8 Å². The summed E-state index contributed by atoms with van der Waals surface area (Å²) in [6, 6.07) is 2.51. The number of nitrogens with zero attached hydrogens (tertiary/aromatic N) is 4. The number of carbonyl (C=O) groups is 3. The average molecular weight is 629 g/mol. The number of hydrogen-bond acceptors (Lipinski definition) is 7. The molecule has 2 unspecified atom stereocenters. The number of urea groups is 1. The lowest BCUT2D eigenvalue weighted by Gasteiger charge is -2.39. The maximum atomic E-state index is 13.3. The van der Waals surface area contributed by atoms with E-state index in [0.717, 1.165) is 37.9 Å². The lowest BCUT2D eigenvalue weighted by Crippen LogP contribution is -2.57. The van der Waals surface area contributed by atoms with Gasteiger partial charge < -0.3 is 20.0 Å². The van der Waals surface area contributed by atoms with E-state index in [0.29, 0.717) is 48.2 Å². The van der Waals surface area contributed by atoms with Crippen LogP contribution >= 0.6 is 22.9 Å². The van der Waals surface area contributed by atoms with Gasteiger partial charge in [-0.2, -0.15) is 4.72 Å². The first-order valence-electron chi connectivity index (χ1n) is 14.1. The summed E-state index contributed by atoms with van der Waals surface area (Å²) in [6.45, 7) is 10.4. The average Bonchev–Trinajstić information content (AvgIpc) is 3.53. The van der Waals surface area contributed by atoms with E-state index in [2.05, 4.69) is 14.9 Å². The van der Waals surface area contributed by atoms with Crippen molar-refractivity contribution in [2.75, 3.05) is 52.4 Å². The molecule has 11 nitrogen and oxygen atoms in total. The number of halogens is 1. The standard InChI is InChI=1S/C27H41ClN6O5S2/c1-27(2,3)29-26(37)32-15-13-31(14-16-32)18-20-6-4-12-34(20)24(35)19-33-11-5-7-22(25(33)36)30-41(38,39)17-10-21-8-9-23(28)40-21/h8-10,17,20,22,30H,4-7,11-16,18-19H2,1-3H3,(H,29,37)/b17-10+. The molecule has 3 aliphatic heterocycles. The number of hydrogen-bond donors (Lipinski definition) is 2. The summed E-state index contributed by atoms with van der Waals surface area (Å²) in [4.78, 5) is 47.1. The molecule has 14 heteroatoms. The molecule has 3 aliphatic rings. The zero-order chi connectivity index (χ0) is 29.8. The van der Waals surface area contributed by atoms with Gasteiger partial charge in [-0.25, -0.2) is 13.2 Å². The molecule has 0 spiro atoms. The molecule has 228 valence electrons. The van der Waals surface area contributed by atoms with Crippen LogP contribution in [0.3, 0.4) is 0 Å². The van der Waals surface area contributed by atoms with Crippen LogP contribution in [-0.2, 0) is 19.6 Å². The van der Waals surface area contributed by atoms with Crippen LogP contribution < -0.4 is 10.0 Å². The Morgan fingerprint density at radius 1 is 1.07 bits per heavy atom. The predicted molar refractivity (Wildman–Crippen MR) is 161 cm³/mol. The molecule has 0 aliphatic carbocycles. The SMILES string of the molecule is CC(C)(C)NC(=O)N1CCN(CC2CCCN2C(=O)CN2CCCC(NS(=O)(=O)/C=C/c3ccc(Cl)s3)C2=O)CC1. The number of likely N-dealkylation sites (tertiary alicyclic amines) is 2. The van der Waals surface area contributed by atoms with Crippen LogP contribution in [0.1, 0.15) is 51.3 Å². The number of piperidine rings is 1. The number of thiophene rings is 1. The zero-order valence-corrected chi connectivity index (χ0v) is 26.4. The number of sulfonamides is 1. The number of amides is 4. The third kappa shape index (κ3) is 9.15. The molecule has 2 N–H and O–H groups in total. The van der Waals surface area contributed by atoms with Crippen molar-refractivity contribution in [3.63, 3.8) is 0 Å². The number of piperazine rings is 1. The molecule has 2 atom stereocenters. The normalized spacial score (nSPS) is 23.0. The second-order valence-electron chi connectivity index (χ2n) is 11.9. The first-order chi connectivity index (χ1) is 19.3. The Hall–Kier alpha value is -2.19. The number of rotatable bonds is 8. The van der Waals surface area contributed by atoms with Crippen LogP contribution in [0.5, 0.6) is 0 Å². The first kappa shape index (κ1) is 31.7. The predicted octanol–water partition coefficient (Wildman–Crippen LogP) is 2.40. The van der Waals surface area contributed by atoms with Gasteiger partial charge in [0.2, 0.25) is 21.8 Å². The van der Waals surface area contributed by atoms with Crippen molar-refractivity contribution in [2.45, 2.75) is 64.1 Å². The van der Waals surface area contributed by atoms with Crippen LogP contribution in [0.2, 0.25) is 4.34 Å². The van der Waals surface area contributed by atoms with Gasteiger partial charge in [0.25, 0.3) is 0 Å². The van der Waals surface area contributed by atoms with Gasteiger partial charge in [0, 0.05) is 67.7 Å². The van der Waals surface area contributed by atoms with Crippen molar-refractivity contribution >= 4 is 56.9 Å². The fourth-order valence-corrected chi connectivity index (χ4v) is 7.53. The summed E-state index contributed by atoms with van der Waals surface area (Å²) < 4.78 is 28.3. The van der Waals surface area contributed by atoms with Crippen molar-refractivity contribution < 1.29 is 22.8 Å². The van der Waals surface area contributed by atoms with Gasteiger partial charge in [-0.3, -0.25) is 14.5 Å². The monoisotopic (exact) mass is 628 g/mol. The molecule has 4 amide bonds. The molecule has 0 aromatic carbocycles. The van der Waals surface area contributed by atoms with Crippen LogP contribution in [0, 0.1) is 0 Å². The molecule has 0 radical (unpaired) electrons. The molecule has 0 bridgehead atoms. The highest BCUT2D eigenvalue weighted by Gasteiger charge is 2.36. The van der Waals surface area contributed by atoms with Crippen LogP contribution in [0.15, 0.2) is 17.5 Å². The van der Waals surface area contributed by atoms with E-state index in [1.54, 1.807) is 12.1 Å². The van der Waals surface area contributed by atoms with Gasteiger partial charge in [-0.1, -0.05) is 11.6 Å². The molecular weight excluding hydrogens is 588 g/mol. The first-order valence-corrected chi connectivity index (χ1v) is 16.9. The van der Waals surface area contributed by atoms with Gasteiger partial charge in [-0.15, -0.1) is 11.3 Å². The Morgan fingerprint density at radius 2 is 1.78 bits per heavy atom. The van der Waals surface area contributed by atoms with Gasteiger partial charge in [0.15, 0.2) is 0 Å². The summed E-state index contributed by atoms with van der Waals surface area (Å²) in [5.41, 5.74) is -0.282. The fraction of sp³-hybridized carbons (Fsp3) is 0.667. The molecule has 41 heavy (non-hydrogen) atoms. The van der Waals surface area contributed by atoms with Crippen LogP contribution in [-0.4, -0.2) is 116 Å². The van der Waals surface area contributed by atoms with Crippen molar-refractivity contribution in [1.29, 1.82) is 0 Å². The van der Waals surface area contributed by atoms with E-state index >= 15 is 0 Å². The van der Waals surface area contributed by atoms with E-state index in [1.807, 2.05) is 30.6 Å². The Labute approximate surface area is 251 Å². The maximum absolute atomic E-state index is 13.3. The molecule has 1 aromatic heterocycles. The van der Waals surface area contributed by atoms with Gasteiger partial charge in [0.1, 0.15) is 6.04 Å². The third-order valence-electron chi connectivity index (χ3n) is 7.48. The van der Waals surface area contributed by atoms with Crippen LogP contribution in [0.4, 0.5) is 4.79 Å². The van der Waals surface area contributed by atoms with Crippen molar-refractivity contribution in [1.82, 2.24) is 29.6 Å². The van der Waals surface area contributed by atoms with Crippen LogP contribution in [0.25, 0.3) is 6.08 Å². The summed E-state index contributed by atoms with van der Waals surface area (Å²) in [6.07, 6.45) is 4.24. The Bertz CT molecular complexity index is 1240. The van der Waals surface area contributed by atoms with Crippen molar-refractivity contribution in [2.24, 2.45) is 0 Å². The van der Waals surface area contributed by atoms with E-state index in [4.69, 9.17) is 11.6 Å². The Balaban J connectivity index is 1.27. The molecule has 3 fully saturated rings. The Kier molecular flexibility index (Phi) is 10.4. The number of carbonyl (C=O) groups excluding carboxylic acids is 3. The molecule has 3 saturated heterocycles. The quantitative estimate of drug-likeness (QED) is 0.456. The number of nitrogens with one attached hydrogen (secondary N) is 2. The van der Waals surface area contributed by atoms with Gasteiger partial charge in [-0.05, 0) is 64.7 Å². The smallest absolute Gasteiger partial charge is 0.317 e. The van der Waals surface area contributed by atoms with Gasteiger partial charge >= 0.3 is 6.03 Å². The minimum absolute atomic E-state index is 0.0509. The maximum Gasteiger partial charge on any atom is 0.317 e. The minimum Gasteiger partial charge on any atom is -0.337 e. The fourth-order valence-electron chi connectivity index (χ4n) is 5.46. The summed E-state index contributed by atoms with van der Waals surface area (Å²) >= 11 is 7.16. The lowest BCUT2D eigenvalue weighted by molar-refractivity contribution is -0.143. The molecular formula is C27H41ClN6O5S2. The largest absolute Gasteiger partial charge is 0.337 e. The molecule has 1 aromatic rings. The summed E-state index contributed by atoms with van der Waals surface area (Å²) in [7, 11) is -3.86. The third-order valence-corrected chi connectivity index (χ3v) is 9.78. The Morgan fingerprint density at radius 3 is 2.44 bits per heavy atom. The second-order valence-corrected chi connectivity index (χ2v) is 15.3. The summed E-state index contributed by atoms with van der Waals surface area (Å²) in [5.74, 6) is -0.483. The zero-order valence-electron chi connectivity index (χ0n) is 24.0. The molecule has 4 heterocycles. The van der Waals surface area contributed by atoms with E-state index < -0.39 is 16.1 Å². The highest BCUT2D eigenvalue weighted by atomic mass is 35.5. The minimum atomic E-state index is -3.86. The highest BCUT2D eigenvalue weighted by molar-refractivity contribution is 7.92. The van der Waals surface area contributed by atoms with E-state index in [1.165, 1.54) is 22.3 Å². The molecule has 0 saturated carbocycles. The lowest BCUT2D eigenvalue weighted by atomic mass is 10.1. The highest BCUT2D eigenvalue weighted by Crippen LogP contribution is 2.23. The second kappa shape index (κ2) is 13.4. The van der Waals surface area contributed by atoms with E-state index in [9.17, 15) is 22.8 Å². The van der Waals surface area contributed by atoms with E-state index in [-0.39, 0.29) is 36.0 Å². The van der Waals surface area contributed by atoms with Gasteiger partial charge in [0.05, 0.1) is 10.9 Å².